The number of hydrogen-bond acceptors (Lipinski definition) is 5. The van der Waals surface area contributed by atoms with Gasteiger partial charge in [-0.05, 0) is 20.8 Å². The summed E-state index contributed by atoms with van der Waals surface area (Å²) in [6.45, 7) is 5.62. The Morgan fingerprint density at radius 3 is 2.56 bits per heavy atom. The molecule has 1 unspecified atom stereocenters. The molecule has 1 aliphatic rings. The van der Waals surface area contributed by atoms with Gasteiger partial charge in [0, 0.05) is 12.1 Å². The number of esters is 1. The zero-order valence-electron chi connectivity index (χ0n) is 11.1. The van der Waals surface area contributed by atoms with Crippen LogP contribution in [0.1, 0.15) is 20.8 Å². The third kappa shape index (κ3) is 4.20. The highest BCUT2D eigenvalue weighted by Crippen LogP contribution is 2.12. The second-order valence-electron chi connectivity index (χ2n) is 5.10. The molecule has 0 aliphatic carbocycles. The molecule has 1 N–H and O–H groups in total. The van der Waals surface area contributed by atoms with Crippen molar-refractivity contribution in [1.29, 1.82) is 0 Å². The van der Waals surface area contributed by atoms with E-state index in [0.29, 0.717) is 0 Å². The van der Waals surface area contributed by atoms with Gasteiger partial charge in [-0.25, -0.2) is 4.79 Å². The average Bonchev–Trinajstić information content (AvgIpc) is 2.25. The van der Waals surface area contributed by atoms with E-state index in [2.05, 4.69) is 9.46 Å². The third-order valence-corrected chi connectivity index (χ3v) is 4.15. The first-order valence-electron chi connectivity index (χ1n) is 5.64. The molecule has 0 amide bonds. The molecule has 8 heteroatoms. The first-order valence-corrected chi connectivity index (χ1v) is 7.08. The Kier molecular flexibility index (Phi) is 4.71. The summed E-state index contributed by atoms with van der Waals surface area (Å²) in [4.78, 5) is 11.3. The molecule has 0 aromatic rings. The van der Waals surface area contributed by atoms with E-state index in [0.717, 1.165) is 0 Å². The van der Waals surface area contributed by atoms with Crippen LogP contribution in [0.4, 0.5) is 0 Å². The normalized spacial score (nSPS) is 22.8. The standard InChI is InChI=1S/C10H20N2O5S/c1-10(2,3)11-18(14,15)12-5-6-17-8(7-12)9(13)16-4/h8,11H,5-7H2,1-4H3. The quantitative estimate of drug-likeness (QED) is 0.704. The lowest BCUT2D eigenvalue weighted by atomic mass is 10.1. The summed E-state index contributed by atoms with van der Waals surface area (Å²) in [7, 11) is -2.38. The van der Waals surface area contributed by atoms with Crippen molar-refractivity contribution in [3.05, 3.63) is 0 Å². The van der Waals surface area contributed by atoms with Crippen LogP contribution in [0.25, 0.3) is 0 Å². The predicted molar refractivity (Wildman–Crippen MR) is 65.1 cm³/mol. The molecule has 0 aromatic carbocycles. The summed E-state index contributed by atoms with van der Waals surface area (Å²) in [6.07, 6.45) is -0.861. The number of nitrogens with one attached hydrogen (secondary N) is 1. The SMILES string of the molecule is COC(=O)C1CN(S(=O)(=O)NC(C)(C)C)CCO1. The maximum Gasteiger partial charge on any atom is 0.336 e. The van der Waals surface area contributed by atoms with Crippen molar-refractivity contribution < 1.29 is 22.7 Å². The molecule has 0 saturated carbocycles. The van der Waals surface area contributed by atoms with E-state index in [1.54, 1.807) is 20.8 Å². The van der Waals surface area contributed by atoms with Gasteiger partial charge in [-0.1, -0.05) is 0 Å². The monoisotopic (exact) mass is 280 g/mol. The summed E-state index contributed by atoms with van der Waals surface area (Å²) >= 11 is 0. The Bertz CT molecular complexity index is 401. The summed E-state index contributed by atoms with van der Waals surface area (Å²) in [6, 6.07) is 0. The van der Waals surface area contributed by atoms with Crippen molar-refractivity contribution in [1.82, 2.24) is 9.03 Å². The fourth-order valence-corrected chi connectivity index (χ4v) is 3.12. The maximum absolute atomic E-state index is 12.1. The van der Waals surface area contributed by atoms with Crippen molar-refractivity contribution >= 4 is 16.2 Å². The molecule has 0 radical (unpaired) electrons. The number of nitrogens with zero attached hydrogens (tertiary/aromatic N) is 1. The molecule has 0 spiro atoms. The van der Waals surface area contributed by atoms with Crippen LogP contribution >= 0.6 is 0 Å². The van der Waals surface area contributed by atoms with Gasteiger partial charge >= 0.3 is 5.97 Å². The average molecular weight is 280 g/mol. The van der Waals surface area contributed by atoms with Gasteiger partial charge in [-0.15, -0.1) is 0 Å². The van der Waals surface area contributed by atoms with Crippen LogP contribution in [0.15, 0.2) is 0 Å². The predicted octanol–water partition coefficient (Wildman–Crippen LogP) is -0.507. The Morgan fingerprint density at radius 2 is 2.06 bits per heavy atom. The molecular formula is C10H20N2O5S. The number of methoxy groups -OCH3 is 1. The minimum atomic E-state index is -3.62. The van der Waals surface area contributed by atoms with E-state index < -0.39 is 27.8 Å². The number of rotatable bonds is 3. The molecule has 1 atom stereocenters. The highest BCUT2D eigenvalue weighted by Gasteiger charge is 2.35. The Hall–Kier alpha value is -0.700. The van der Waals surface area contributed by atoms with Crippen LogP contribution < -0.4 is 4.72 Å². The Morgan fingerprint density at radius 1 is 1.44 bits per heavy atom. The van der Waals surface area contributed by atoms with Crippen LogP contribution in [0.2, 0.25) is 0 Å². The van der Waals surface area contributed by atoms with Crippen LogP contribution in [0.5, 0.6) is 0 Å². The first-order chi connectivity index (χ1) is 8.15. The van der Waals surface area contributed by atoms with Crippen LogP contribution in [0, 0.1) is 0 Å². The van der Waals surface area contributed by atoms with Gasteiger partial charge in [0.05, 0.1) is 20.3 Å². The lowest BCUT2D eigenvalue weighted by Crippen LogP contribution is -2.55. The molecule has 1 saturated heterocycles. The van der Waals surface area contributed by atoms with Gasteiger partial charge in [0.15, 0.2) is 6.10 Å². The van der Waals surface area contributed by atoms with Crippen molar-refractivity contribution in [2.75, 3.05) is 26.8 Å². The van der Waals surface area contributed by atoms with Gasteiger partial charge in [-0.2, -0.15) is 17.4 Å². The number of carbonyl (C=O) groups is 1. The Labute approximate surface area is 108 Å². The van der Waals surface area contributed by atoms with Crippen molar-refractivity contribution in [3.8, 4) is 0 Å². The summed E-state index contributed by atoms with van der Waals surface area (Å²) < 4.78 is 37.6. The summed E-state index contributed by atoms with van der Waals surface area (Å²) in [5, 5.41) is 0. The van der Waals surface area contributed by atoms with Gasteiger partial charge in [0.2, 0.25) is 0 Å². The molecule has 1 aliphatic heterocycles. The van der Waals surface area contributed by atoms with Crippen molar-refractivity contribution in [3.63, 3.8) is 0 Å². The lowest BCUT2D eigenvalue weighted by Gasteiger charge is -2.33. The molecule has 7 nitrogen and oxygen atoms in total. The number of hydrogen-bond donors (Lipinski definition) is 1. The van der Waals surface area contributed by atoms with Crippen molar-refractivity contribution in [2.45, 2.75) is 32.4 Å². The first kappa shape index (κ1) is 15.4. The fourth-order valence-electron chi connectivity index (χ4n) is 1.57. The number of ether oxygens (including phenoxy) is 2. The summed E-state index contributed by atoms with van der Waals surface area (Å²) in [5.74, 6) is -0.564. The van der Waals surface area contributed by atoms with Crippen LogP contribution in [-0.2, 0) is 24.5 Å². The zero-order valence-corrected chi connectivity index (χ0v) is 11.9. The summed E-state index contributed by atoms with van der Waals surface area (Å²) in [5.41, 5.74) is -0.572. The molecule has 0 bridgehead atoms. The minimum Gasteiger partial charge on any atom is -0.467 e. The fraction of sp³-hybridized carbons (Fsp3) is 0.900. The Balaban J connectivity index is 2.75. The van der Waals surface area contributed by atoms with Gasteiger partial charge in [0.25, 0.3) is 10.2 Å². The zero-order chi connectivity index (χ0) is 14.0. The van der Waals surface area contributed by atoms with Gasteiger partial charge in [-0.3, -0.25) is 0 Å². The maximum atomic E-state index is 12.1. The minimum absolute atomic E-state index is 0.0297. The third-order valence-electron chi connectivity index (χ3n) is 2.27. The van der Waals surface area contributed by atoms with E-state index in [1.807, 2.05) is 0 Å². The number of morpholine rings is 1. The van der Waals surface area contributed by atoms with E-state index in [-0.39, 0.29) is 19.7 Å². The van der Waals surface area contributed by atoms with E-state index in [4.69, 9.17) is 4.74 Å². The lowest BCUT2D eigenvalue weighted by molar-refractivity contribution is -0.157. The van der Waals surface area contributed by atoms with Gasteiger partial charge in [0.1, 0.15) is 0 Å². The highest BCUT2D eigenvalue weighted by molar-refractivity contribution is 7.87. The highest BCUT2D eigenvalue weighted by atomic mass is 32.2. The molecule has 1 heterocycles. The van der Waals surface area contributed by atoms with Crippen LogP contribution in [0.3, 0.4) is 0 Å². The molecule has 1 fully saturated rings. The van der Waals surface area contributed by atoms with Gasteiger partial charge < -0.3 is 9.47 Å². The number of carbonyl (C=O) groups excluding carboxylic acids is 1. The van der Waals surface area contributed by atoms with Crippen LogP contribution in [-0.4, -0.2) is 57.1 Å². The topological polar surface area (TPSA) is 84.9 Å². The smallest absolute Gasteiger partial charge is 0.336 e. The molecule has 106 valence electrons. The second kappa shape index (κ2) is 5.52. The second-order valence-corrected chi connectivity index (χ2v) is 6.77. The molecule has 0 aromatic heterocycles. The largest absolute Gasteiger partial charge is 0.467 e. The van der Waals surface area contributed by atoms with E-state index in [9.17, 15) is 13.2 Å². The van der Waals surface area contributed by atoms with E-state index in [1.165, 1.54) is 11.4 Å². The molecule has 18 heavy (non-hydrogen) atoms. The van der Waals surface area contributed by atoms with E-state index >= 15 is 0 Å². The van der Waals surface area contributed by atoms with Crippen molar-refractivity contribution in [2.24, 2.45) is 0 Å². The molecular weight excluding hydrogens is 260 g/mol. The molecule has 1 rings (SSSR count).